The number of nitrogens with one attached hydrogen (secondary N) is 1. The van der Waals surface area contributed by atoms with Gasteiger partial charge in [0.2, 0.25) is 5.91 Å². The summed E-state index contributed by atoms with van der Waals surface area (Å²) in [5.74, 6) is 0.915. The third kappa shape index (κ3) is 4.05. The lowest BCUT2D eigenvalue weighted by atomic mass is 9.90. The number of amides is 1. The number of nitrogens with zero attached hydrogens (tertiary/aromatic N) is 4. The van der Waals surface area contributed by atoms with Gasteiger partial charge in [-0.25, -0.2) is 0 Å². The first-order valence-corrected chi connectivity index (χ1v) is 9.07. The molecule has 0 bridgehead atoms. The fourth-order valence-electron chi connectivity index (χ4n) is 2.42. The van der Waals surface area contributed by atoms with Gasteiger partial charge in [0.25, 0.3) is 0 Å². The first-order chi connectivity index (χ1) is 10.9. The van der Waals surface area contributed by atoms with Crippen LogP contribution in [-0.4, -0.2) is 31.5 Å². The van der Waals surface area contributed by atoms with Gasteiger partial charge in [0, 0.05) is 13.0 Å². The van der Waals surface area contributed by atoms with E-state index >= 15 is 0 Å². The van der Waals surface area contributed by atoms with Crippen molar-refractivity contribution in [1.82, 2.24) is 20.1 Å². The Bertz CT molecular complexity index is 606. The Labute approximate surface area is 142 Å². The fourth-order valence-corrected chi connectivity index (χ4v) is 3.31. The van der Waals surface area contributed by atoms with Crippen molar-refractivity contribution in [3.05, 3.63) is 5.82 Å². The van der Waals surface area contributed by atoms with Gasteiger partial charge in [-0.1, -0.05) is 32.0 Å². The summed E-state index contributed by atoms with van der Waals surface area (Å²) in [6.45, 7) is 8.38. The average molecular weight is 335 g/mol. The molecule has 1 N–H and O–H groups in total. The minimum Gasteiger partial charge on any atom is -0.337 e. The van der Waals surface area contributed by atoms with Crippen molar-refractivity contribution in [1.29, 1.82) is 5.26 Å². The molecule has 0 unspecified atom stereocenters. The molecule has 126 valence electrons. The second kappa shape index (κ2) is 7.35. The Morgan fingerprint density at radius 1 is 1.35 bits per heavy atom. The van der Waals surface area contributed by atoms with Crippen LogP contribution in [0.2, 0.25) is 0 Å². The van der Waals surface area contributed by atoms with Gasteiger partial charge in [-0.2, -0.15) is 5.26 Å². The summed E-state index contributed by atoms with van der Waals surface area (Å²) in [7, 11) is 0. The van der Waals surface area contributed by atoms with Crippen LogP contribution in [0.4, 0.5) is 0 Å². The first-order valence-electron chi connectivity index (χ1n) is 8.19. The van der Waals surface area contributed by atoms with Crippen molar-refractivity contribution >= 4 is 17.7 Å². The summed E-state index contributed by atoms with van der Waals surface area (Å²) in [4.78, 5) is 12.4. The number of aromatic nitrogens is 3. The summed E-state index contributed by atoms with van der Waals surface area (Å²) >= 11 is 1.41. The highest BCUT2D eigenvalue weighted by Gasteiger charge is 2.32. The molecule has 7 heteroatoms. The SMILES string of the molecule is CC(C)[C@](C)(C#N)NC(=O)[C@@H](C)Sc1nnc2n1CCCCC2. The number of rotatable bonds is 5. The minimum atomic E-state index is -0.854. The normalized spacial score (nSPS) is 18.4. The number of carbonyl (C=O) groups is 1. The van der Waals surface area contributed by atoms with E-state index in [-0.39, 0.29) is 17.1 Å². The zero-order valence-electron chi connectivity index (χ0n) is 14.3. The monoisotopic (exact) mass is 335 g/mol. The molecule has 0 aliphatic carbocycles. The van der Waals surface area contributed by atoms with Crippen LogP contribution in [0.15, 0.2) is 5.16 Å². The molecule has 1 aliphatic heterocycles. The Balaban J connectivity index is 2.05. The van der Waals surface area contributed by atoms with Gasteiger partial charge in [-0.15, -0.1) is 10.2 Å². The molecule has 23 heavy (non-hydrogen) atoms. The van der Waals surface area contributed by atoms with Gasteiger partial charge < -0.3 is 9.88 Å². The molecule has 0 saturated heterocycles. The Morgan fingerprint density at radius 3 is 2.74 bits per heavy atom. The van der Waals surface area contributed by atoms with Gasteiger partial charge in [0.05, 0.1) is 11.3 Å². The lowest BCUT2D eigenvalue weighted by Gasteiger charge is -2.28. The van der Waals surface area contributed by atoms with E-state index in [1.165, 1.54) is 18.2 Å². The second-order valence-corrected chi connectivity index (χ2v) is 7.89. The standard InChI is InChI=1S/C16H25N5OS/c1-11(2)16(4,10-17)18-14(22)12(3)23-15-20-19-13-8-6-5-7-9-21(13)15/h11-12H,5-9H2,1-4H3,(H,18,22)/t12-,16+/m1/s1. The highest BCUT2D eigenvalue weighted by molar-refractivity contribution is 8.00. The Kier molecular flexibility index (Phi) is 5.69. The van der Waals surface area contributed by atoms with Crippen LogP contribution in [0, 0.1) is 17.2 Å². The van der Waals surface area contributed by atoms with E-state index < -0.39 is 5.54 Å². The molecule has 1 amide bonds. The number of thioether (sulfide) groups is 1. The minimum absolute atomic E-state index is 0.0398. The van der Waals surface area contributed by atoms with E-state index in [2.05, 4.69) is 26.2 Å². The maximum absolute atomic E-state index is 12.4. The predicted molar refractivity (Wildman–Crippen MR) is 89.9 cm³/mol. The first kappa shape index (κ1) is 17.8. The molecule has 0 aromatic carbocycles. The quantitative estimate of drug-likeness (QED) is 0.836. The zero-order chi connectivity index (χ0) is 17.0. The maximum Gasteiger partial charge on any atom is 0.234 e. The summed E-state index contributed by atoms with van der Waals surface area (Å²) < 4.78 is 2.13. The summed E-state index contributed by atoms with van der Waals surface area (Å²) in [5.41, 5.74) is -0.854. The van der Waals surface area contributed by atoms with Gasteiger partial charge in [0.1, 0.15) is 11.4 Å². The molecular formula is C16H25N5OS. The molecule has 2 rings (SSSR count). The molecular weight excluding hydrogens is 310 g/mol. The van der Waals surface area contributed by atoms with Crippen molar-refractivity contribution in [2.75, 3.05) is 0 Å². The largest absolute Gasteiger partial charge is 0.337 e. The van der Waals surface area contributed by atoms with Gasteiger partial charge >= 0.3 is 0 Å². The van der Waals surface area contributed by atoms with Crippen LogP contribution < -0.4 is 5.32 Å². The average Bonchev–Trinajstić information content (AvgIpc) is 2.74. The highest BCUT2D eigenvalue weighted by Crippen LogP contribution is 2.26. The molecule has 1 aromatic heterocycles. The predicted octanol–water partition coefficient (Wildman–Crippen LogP) is 2.54. The molecule has 0 saturated carbocycles. The molecule has 6 nitrogen and oxygen atoms in total. The van der Waals surface area contributed by atoms with E-state index in [1.807, 2.05) is 20.8 Å². The van der Waals surface area contributed by atoms with Crippen molar-refractivity contribution in [3.8, 4) is 6.07 Å². The van der Waals surface area contributed by atoms with Crippen molar-refractivity contribution < 1.29 is 4.79 Å². The Hall–Kier alpha value is -1.55. The highest BCUT2D eigenvalue weighted by atomic mass is 32.2. The van der Waals surface area contributed by atoms with Crippen LogP contribution in [-0.2, 0) is 17.8 Å². The van der Waals surface area contributed by atoms with E-state index in [0.29, 0.717) is 0 Å². The van der Waals surface area contributed by atoms with Gasteiger partial charge in [-0.3, -0.25) is 4.79 Å². The van der Waals surface area contributed by atoms with E-state index in [4.69, 9.17) is 0 Å². The van der Waals surface area contributed by atoms with Gasteiger partial charge in [0.15, 0.2) is 5.16 Å². The fraction of sp³-hybridized carbons (Fsp3) is 0.750. The molecule has 0 fully saturated rings. The number of hydrogen-bond acceptors (Lipinski definition) is 5. The van der Waals surface area contributed by atoms with Crippen LogP contribution in [0.5, 0.6) is 0 Å². The summed E-state index contributed by atoms with van der Waals surface area (Å²) in [6.07, 6.45) is 4.43. The van der Waals surface area contributed by atoms with E-state index in [1.54, 1.807) is 6.92 Å². The number of aryl methyl sites for hydroxylation is 1. The molecule has 1 aromatic rings. The number of hydrogen-bond donors (Lipinski definition) is 1. The lowest BCUT2D eigenvalue weighted by Crippen LogP contribution is -2.51. The van der Waals surface area contributed by atoms with Crippen molar-refractivity contribution in [2.45, 2.75) is 75.9 Å². The topological polar surface area (TPSA) is 83.6 Å². The molecule has 1 aliphatic rings. The third-order valence-electron chi connectivity index (χ3n) is 4.50. The second-order valence-electron chi connectivity index (χ2n) is 6.58. The number of fused-ring (bicyclic) bond motifs is 1. The Morgan fingerprint density at radius 2 is 2.09 bits per heavy atom. The zero-order valence-corrected chi connectivity index (χ0v) is 15.1. The lowest BCUT2D eigenvalue weighted by molar-refractivity contribution is -0.121. The maximum atomic E-state index is 12.4. The van der Waals surface area contributed by atoms with Crippen LogP contribution in [0.3, 0.4) is 0 Å². The molecule has 2 heterocycles. The van der Waals surface area contributed by atoms with Crippen LogP contribution in [0.25, 0.3) is 0 Å². The third-order valence-corrected chi connectivity index (χ3v) is 5.58. The molecule has 0 radical (unpaired) electrons. The van der Waals surface area contributed by atoms with E-state index in [9.17, 15) is 10.1 Å². The summed E-state index contributed by atoms with van der Waals surface area (Å²) in [6, 6.07) is 2.21. The van der Waals surface area contributed by atoms with E-state index in [0.717, 1.165) is 36.8 Å². The smallest absolute Gasteiger partial charge is 0.234 e. The molecule has 0 spiro atoms. The van der Waals surface area contributed by atoms with Crippen molar-refractivity contribution in [2.24, 2.45) is 5.92 Å². The van der Waals surface area contributed by atoms with Crippen molar-refractivity contribution in [3.63, 3.8) is 0 Å². The van der Waals surface area contributed by atoms with Crippen LogP contribution in [0.1, 0.15) is 52.8 Å². The van der Waals surface area contributed by atoms with Crippen LogP contribution >= 0.6 is 11.8 Å². The van der Waals surface area contributed by atoms with Gasteiger partial charge in [-0.05, 0) is 32.6 Å². The number of nitriles is 1. The summed E-state index contributed by atoms with van der Waals surface area (Å²) in [5, 5.41) is 21.2. The molecule has 2 atom stereocenters. The number of carbonyl (C=O) groups excluding carboxylic acids is 1.